The number of aliphatic carboxylic acids is 1. The normalized spacial score (nSPS) is 13.2. The first-order valence-corrected chi connectivity index (χ1v) is 8.11. The van der Waals surface area contributed by atoms with Crippen LogP contribution in [0.15, 0.2) is 23.1 Å². The maximum absolute atomic E-state index is 12.2. The van der Waals surface area contributed by atoms with Crippen LogP contribution in [0.1, 0.15) is 32.8 Å². The van der Waals surface area contributed by atoms with Crippen molar-refractivity contribution < 1.29 is 23.1 Å². The monoisotopic (exact) mass is 315 g/mol. The van der Waals surface area contributed by atoms with E-state index >= 15 is 0 Å². The van der Waals surface area contributed by atoms with E-state index in [0.29, 0.717) is 11.3 Å². The van der Waals surface area contributed by atoms with E-state index in [-0.39, 0.29) is 17.4 Å². The number of benzene rings is 1. The summed E-state index contributed by atoms with van der Waals surface area (Å²) in [4.78, 5) is 10.7. The molecule has 0 aliphatic rings. The predicted molar refractivity (Wildman–Crippen MR) is 79.0 cm³/mol. The highest BCUT2D eigenvalue weighted by Crippen LogP contribution is 2.23. The van der Waals surface area contributed by atoms with Crippen LogP contribution < -0.4 is 9.46 Å². The Kier molecular flexibility index (Phi) is 5.74. The maximum Gasteiger partial charge on any atom is 0.304 e. The fourth-order valence-corrected chi connectivity index (χ4v) is 3.14. The number of carboxylic acid groups (broad SMARTS) is 1. The van der Waals surface area contributed by atoms with Crippen molar-refractivity contribution >= 4 is 16.0 Å². The van der Waals surface area contributed by atoms with Gasteiger partial charge in [-0.25, -0.2) is 13.1 Å². The van der Waals surface area contributed by atoms with Crippen molar-refractivity contribution in [2.24, 2.45) is 0 Å². The van der Waals surface area contributed by atoms with E-state index in [9.17, 15) is 13.2 Å². The van der Waals surface area contributed by atoms with Crippen LogP contribution in [0.2, 0.25) is 0 Å². The van der Waals surface area contributed by atoms with E-state index in [4.69, 9.17) is 9.84 Å². The van der Waals surface area contributed by atoms with Crippen LogP contribution in [0.4, 0.5) is 0 Å². The molecule has 1 aromatic rings. The van der Waals surface area contributed by atoms with Gasteiger partial charge in [-0.2, -0.15) is 0 Å². The standard InChI is InChI=1S/C14H21NO5S/c1-9(2)20-13-6-5-12(7-10(13)3)21(18,19)15-11(4)8-14(16)17/h5-7,9,11,15H,8H2,1-4H3,(H,16,17). The third-order valence-electron chi connectivity index (χ3n) is 2.66. The highest BCUT2D eigenvalue weighted by Gasteiger charge is 2.20. The van der Waals surface area contributed by atoms with Crippen LogP contribution >= 0.6 is 0 Å². The Labute approximate surface area is 125 Å². The van der Waals surface area contributed by atoms with Crippen molar-refractivity contribution in [3.63, 3.8) is 0 Å². The van der Waals surface area contributed by atoms with Gasteiger partial charge in [0.1, 0.15) is 5.75 Å². The minimum atomic E-state index is -3.74. The maximum atomic E-state index is 12.2. The van der Waals surface area contributed by atoms with Gasteiger partial charge in [0.05, 0.1) is 17.4 Å². The van der Waals surface area contributed by atoms with Gasteiger partial charge in [-0.15, -0.1) is 0 Å². The summed E-state index contributed by atoms with van der Waals surface area (Å²) in [5.74, 6) is -0.426. The van der Waals surface area contributed by atoms with Gasteiger partial charge >= 0.3 is 5.97 Å². The van der Waals surface area contributed by atoms with Gasteiger partial charge in [-0.1, -0.05) is 0 Å². The van der Waals surface area contributed by atoms with Crippen LogP contribution in [0.3, 0.4) is 0 Å². The lowest BCUT2D eigenvalue weighted by Crippen LogP contribution is -2.34. The number of carbonyl (C=O) groups is 1. The van der Waals surface area contributed by atoms with E-state index in [1.54, 1.807) is 13.0 Å². The second-order valence-electron chi connectivity index (χ2n) is 5.21. The van der Waals surface area contributed by atoms with E-state index in [0.717, 1.165) is 0 Å². The molecule has 0 aromatic heterocycles. The fraction of sp³-hybridized carbons (Fsp3) is 0.500. The summed E-state index contributed by atoms with van der Waals surface area (Å²) >= 11 is 0. The van der Waals surface area contributed by atoms with Crippen molar-refractivity contribution in [2.75, 3.05) is 0 Å². The number of ether oxygens (including phenoxy) is 1. The first kappa shape index (κ1) is 17.5. The van der Waals surface area contributed by atoms with Gasteiger partial charge in [-0.05, 0) is 51.5 Å². The molecule has 0 amide bonds. The van der Waals surface area contributed by atoms with Gasteiger partial charge in [0.15, 0.2) is 0 Å². The minimum Gasteiger partial charge on any atom is -0.491 e. The fourth-order valence-electron chi connectivity index (χ4n) is 1.81. The zero-order chi connectivity index (χ0) is 16.2. The molecule has 1 unspecified atom stereocenters. The van der Waals surface area contributed by atoms with Crippen LogP contribution in [0.25, 0.3) is 0 Å². The number of carboxylic acids is 1. The molecule has 6 nitrogen and oxygen atoms in total. The van der Waals surface area contributed by atoms with Crippen LogP contribution in [-0.4, -0.2) is 31.6 Å². The molecule has 7 heteroatoms. The Morgan fingerprint density at radius 2 is 1.95 bits per heavy atom. The average molecular weight is 315 g/mol. The Morgan fingerprint density at radius 1 is 1.33 bits per heavy atom. The molecule has 0 spiro atoms. The second-order valence-corrected chi connectivity index (χ2v) is 6.93. The van der Waals surface area contributed by atoms with E-state index in [2.05, 4.69) is 4.72 Å². The molecule has 0 radical (unpaired) electrons. The number of aryl methyl sites for hydroxylation is 1. The summed E-state index contributed by atoms with van der Waals surface area (Å²) in [6.45, 7) is 7.05. The molecule has 0 aliphatic heterocycles. The summed E-state index contributed by atoms with van der Waals surface area (Å²) in [6.07, 6.45) is -0.271. The third-order valence-corrected chi connectivity index (χ3v) is 4.24. The van der Waals surface area contributed by atoms with Gasteiger partial charge in [0.25, 0.3) is 0 Å². The van der Waals surface area contributed by atoms with Crippen LogP contribution in [0, 0.1) is 6.92 Å². The first-order chi connectivity index (χ1) is 9.61. The molecule has 1 aromatic carbocycles. The highest BCUT2D eigenvalue weighted by atomic mass is 32.2. The lowest BCUT2D eigenvalue weighted by Gasteiger charge is -2.15. The number of sulfonamides is 1. The molecule has 0 bridgehead atoms. The molecule has 1 rings (SSSR count). The van der Waals surface area contributed by atoms with Crippen LogP contribution in [0.5, 0.6) is 5.75 Å². The molecule has 0 aliphatic carbocycles. The van der Waals surface area contributed by atoms with E-state index < -0.39 is 22.0 Å². The van der Waals surface area contributed by atoms with Crippen LogP contribution in [-0.2, 0) is 14.8 Å². The molecule has 0 saturated heterocycles. The molecular weight excluding hydrogens is 294 g/mol. The summed E-state index contributed by atoms with van der Waals surface area (Å²) in [7, 11) is -3.74. The third kappa shape index (κ3) is 5.35. The molecule has 0 fully saturated rings. The lowest BCUT2D eigenvalue weighted by molar-refractivity contribution is -0.137. The molecule has 2 N–H and O–H groups in total. The zero-order valence-electron chi connectivity index (χ0n) is 12.6. The topological polar surface area (TPSA) is 92.7 Å². The van der Waals surface area contributed by atoms with Crippen molar-refractivity contribution in [1.82, 2.24) is 4.72 Å². The lowest BCUT2D eigenvalue weighted by atomic mass is 10.2. The Morgan fingerprint density at radius 3 is 2.43 bits per heavy atom. The van der Waals surface area contributed by atoms with Crippen molar-refractivity contribution in [2.45, 2.75) is 51.2 Å². The van der Waals surface area contributed by atoms with Gasteiger partial charge in [-0.3, -0.25) is 4.79 Å². The average Bonchev–Trinajstić information content (AvgIpc) is 2.29. The van der Waals surface area contributed by atoms with E-state index in [1.165, 1.54) is 19.1 Å². The summed E-state index contributed by atoms with van der Waals surface area (Å²) < 4.78 is 32.2. The molecule has 1 atom stereocenters. The summed E-state index contributed by atoms with van der Waals surface area (Å²) in [5.41, 5.74) is 0.706. The van der Waals surface area contributed by atoms with Gasteiger partial charge < -0.3 is 9.84 Å². The quantitative estimate of drug-likeness (QED) is 0.802. The first-order valence-electron chi connectivity index (χ1n) is 6.63. The molecular formula is C14H21NO5S. The Balaban J connectivity index is 2.94. The number of hydrogen-bond acceptors (Lipinski definition) is 4. The van der Waals surface area contributed by atoms with Gasteiger partial charge in [0.2, 0.25) is 10.0 Å². The smallest absolute Gasteiger partial charge is 0.304 e. The number of hydrogen-bond donors (Lipinski definition) is 2. The highest BCUT2D eigenvalue weighted by molar-refractivity contribution is 7.89. The Hall–Kier alpha value is -1.60. The minimum absolute atomic E-state index is 0.000119. The van der Waals surface area contributed by atoms with Crippen molar-refractivity contribution in [3.05, 3.63) is 23.8 Å². The molecule has 118 valence electrons. The van der Waals surface area contributed by atoms with Crippen molar-refractivity contribution in [1.29, 1.82) is 0 Å². The largest absolute Gasteiger partial charge is 0.491 e. The summed E-state index contributed by atoms with van der Waals surface area (Å²) in [6, 6.07) is 3.87. The number of nitrogens with one attached hydrogen (secondary N) is 1. The molecule has 21 heavy (non-hydrogen) atoms. The van der Waals surface area contributed by atoms with E-state index in [1.807, 2.05) is 13.8 Å². The predicted octanol–water partition coefficient (Wildman–Crippen LogP) is 1.92. The number of rotatable bonds is 7. The molecule has 0 saturated carbocycles. The SMILES string of the molecule is Cc1cc(S(=O)(=O)NC(C)CC(=O)O)ccc1OC(C)C. The van der Waals surface area contributed by atoms with Crippen molar-refractivity contribution in [3.8, 4) is 5.75 Å². The second kappa shape index (κ2) is 6.91. The molecule has 0 heterocycles. The Bertz CT molecular complexity index is 610. The summed E-state index contributed by atoms with van der Waals surface area (Å²) in [5, 5.41) is 8.66. The zero-order valence-corrected chi connectivity index (χ0v) is 13.4. The van der Waals surface area contributed by atoms with Gasteiger partial charge in [0, 0.05) is 6.04 Å².